The maximum atomic E-state index is 12.5. The van der Waals surface area contributed by atoms with E-state index >= 15 is 0 Å². The van der Waals surface area contributed by atoms with E-state index in [2.05, 4.69) is 20.4 Å². The van der Waals surface area contributed by atoms with E-state index in [4.69, 9.17) is 10.5 Å². The molecule has 0 aliphatic rings. The van der Waals surface area contributed by atoms with Gasteiger partial charge in [0, 0.05) is 18.4 Å². The Morgan fingerprint density at radius 2 is 2.08 bits per heavy atom. The highest BCUT2D eigenvalue weighted by Gasteiger charge is 2.35. The van der Waals surface area contributed by atoms with Gasteiger partial charge in [0.2, 0.25) is 5.95 Å². The maximum Gasteiger partial charge on any atom is 0.403 e. The monoisotopic (exact) mass is 354 g/mol. The lowest BCUT2D eigenvalue weighted by molar-refractivity contribution is -0.151. The van der Waals surface area contributed by atoms with Gasteiger partial charge in [-0.3, -0.25) is 0 Å². The molecule has 0 radical (unpaired) electrons. The van der Waals surface area contributed by atoms with Crippen LogP contribution in [0.15, 0.2) is 18.2 Å². The average molecular weight is 354 g/mol. The Kier molecular flexibility index (Phi) is 4.38. The second kappa shape index (κ2) is 6.36. The first-order valence-electron chi connectivity index (χ1n) is 7.59. The highest BCUT2D eigenvalue weighted by Crippen LogP contribution is 2.27. The van der Waals surface area contributed by atoms with Crippen molar-refractivity contribution in [3.8, 4) is 5.75 Å². The molecule has 7 nitrogen and oxygen atoms in total. The van der Waals surface area contributed by atoms with Gasteiger partial charge in [-0.25, -0.2) is 9.97 Å². The quantitative estimate of drug-likeness (QED) is 0.728. The molecule has 0 fully saturated rings. The van der Waals surface area contributed by atoms with Crippen molar-refractivity contribution in [1.29, 1.82) is 0 Å². The molecular weight excluding hydrogens is 337 g/mol. The van der Waals surface area contributed by atoms with E-state index in [1.807, 2.05) is 6.07 Å². The smallest absolute Gasteiger partial charge is 0.403 e. The van der Waals surface area contributed by atoms with Gasteiger partial charge in [-0.15, -0.1) is 5.10 Å². The molecule has 0 spiro atoms. The van der Waals surface area contributed by atoms with Crippen LogP contribution in [-0.2, 0) is 6.42 Å². The minimum Gasteiger partial charge on any atom is -0.494 e. The molecule has 3 rings (SSSR count). The number of para-hydroxylation sites is 1. The van der Waals surface area contributed by atoms with Gasteiger partial charge in [0.25, 0.3) is 0 Å². The number of nitrogens with two attached hydrogens (primary N) is 1. The lowest BCUT2D eigenvalue weighted by Gasteiger charge is -2.16. The molecule has 1 aromatic carbocycles. The van der Waals surface area contributed by atoms with E-state index in [1.54, 1.807) is 12.1 Å². The molecule has 0 saturated carbocycles. The van der Waals surface area contributed by atoms with Crippen molar-refractivity contribution in [2.45, 2.75) is 25.6 Å². The topological polar surface area (TPSA) is 90.4 Å². The normalized spacial score (nSPS) is 13.5. The van der Waals surface area contributed by atoms with Crippen molar-refractivity contribution in [2.24, 2.45) is 0 Å². The molecular formula is C15H17F3N6O. The van der Waals surface area contributed by atoms with Crippen LogP contribution in [0.1, 0.15) is 12.7 Å². The fourth-order valence-corrected chi connectivity index (χ4v) is 2.46. The summed E-state index contributed by atoms with van der Waals surface area (Å²) in [6.07, 6.45) is -4.06. The fraction of sp³-hybridized carbons (Fsp3) is 0.400. The van der Waals surface area contributed by atoms with Crippen LogP contribution < -0.4 is 15.8 Å². The number of halogens is 3. The third-order valence-corrected chi connectivity index (χ3v) is 3.84. The number of fused-ring (bicyclic) bond motifs is 3. The summed E-state index contributed by atoms with van der Waals surface area (Å²) in [5.74, 6) is 1.06. The standard InChI is InChI=1S/C15H17F3N6O/c1-8(15(16,17)18)20-7-6-11-21-13-9-4-3-5-10(25-2)12(9)22-14(19)24(13)23-11/h3-5,8,20H,6-7H2,1-2H3,(H2,19,22). The van der Waals surface area contributed by atoms with Crippen molar-refractivity contribution in [3.63, 3.8) is 0 Å². The lowest BCUT2D eigenvalue weighted by atomic mass is 10.2. The molecule has 1 unspecified atom stereocenters. The zero-order valence-corrected chi connectivity index (χ0v) is 13.6. The number of anilines is 1. The highest BCUT2D eigenvalue weighted by atomic mass is 19.4. The second-order valence-electron chi connectivity index (χ2n) is 5.56. The number of nitrogens with one attached hydrogen (secondary N) is 1. The molecule has 2 aromatic heterocycles. The van der Waals surface area contributed by atoms with Crippen LogP contribution in [0.5, 0.6) is 5.75 Å². The first-order valence-corrected chi connectivity index (χ1v) is 7.59. The largest absolute Gasteiger partial charge is 0.494 e. The van der Waals surface area contributed by atoms with Crippen LogP contribution in [0.3, 0.4) is 0 Å². The number of benzene rings is 1. The third kappa shape index (κ3) is 3.29. The van der Waals surface area contributed by atoms with Gasteiger partial charge in [0.05, 0.1) is 7.11 Å². The average Bonchev–Trinajstić information content (AvgIpc) is 2.98. The van der Waals surface area contributed by atoms with Gasteiger partial charge in [0.1, 0.15) is 17.3 Å². The van der Waals surface area contributed by atoms with E-state index in [-0.39, 0.29) is 18.9 Å². The minimum atomic E-state index is -4.28. The number of hydrogen-bond acceptors (Lipinski definition) is 6. The summed E-state index contributed by atoms with van der Waals surface area (Å²) in [5, 5.41) is 7.34. The van der Waals surface area contributed by atoms with Crippen LogP contribution >= 0.6 is 0 Å². The number of hydrogen-bond donors (Lipinski definition) is 2. The first-order chi connectivity index (χ1) is 11.8. The van der Waals surface area contributed by atoms with Crippen molar-refractivity contribution < 1.29 is 17.9 Å². The van der Waals surface area contributed by atoms with Gasteiger partial charge < -0.3 is 15.8 Å². The number of ether oxygens (including phenoxy) is 1. The van der Waals surface area contributed by atoms with Crippen LogP contribution in [0.2, 0.25) is 0 Å². The summed E-state index contributed by atoms with van der Waals surface area (Å²) >= 11 is 0. The Morgan fingerprint density at radius 3 is 2.76 bits per heavy atom. The van der Waals surface area contributed by atoms with Crippen molar-refractivity contribution >= 4 is 22.5 Å². The Morgan fingerprint density at radius 1 is 1.32 bits per heavy atom. The molecule has 0 bridgehead atoms. The molecule has 25 heavy (non-hydrogen) atoms. The second-order valence-corrected chi connectivity index (χ2v) is 5.56. The summed E-state index contributed by atoms with van der Waals surface area (Å²) < 4.78 is 44.2. The highest BCUT2D eigenvalue weighted by molar-refractivity contribution is 5.95. The van der Waals surface area contributed by atoms with Crippen LogP contribution in [0.25, 0.3) is 16.6 Å². The summed E-state index contributed by atoms with van der Waals surface area (Å²) in [4.78, 5) is 8.67. The van der Waals surface area contributed by atoms with E-state index in [1.165, 1.54) is 11.6 Å². The van der Waals surface area contributed by atoms with Gasteiger partial charge in [0.15, 0.2) is 11.5 Å². The van der Waals surface area contributed by atoms with Crippen molar-refractivity contribution in [1.82, 2.24) is 24.9 Å². The lowest BCUT2D eigenvalue weighted by Crippen LogP contribution is -2.40. The predicted octanol–water partition coefficient (Wildman–Crippen LogP) is 1.95. The molecule has 0 aliphatic carbocycles. The predicted molar refractivity (Wildman–Crippen MR) is 86.5 cm³/mol. The SMILES string of the molecule is COc1cccc2c1nc(N)n1nc(CCNC(C)C(F)(F)F)nc21. The van der Waals surface area contributed by atoms with Crippen LogP contribution in [0, 0.1) is 0 Å². The molecule has 134 valence electrons. The molecule has 3 aromatic rings. The summed E-state index contributed by atoms with van der Waals surface area (Å²) in [6.45, 7) is 1.16. The molecule has 10 heteroatoms. The van der Waals surface area contributed by atoms with Crippen molar-refractivity contribution in [3.05, 3.63) is 24.0 Å². The zero-order valence-electron chi connectivity index (χ0n) is 13.6. The van der Waals surface area contributed by atoms with E-state index in [0.717, 1.165) is 6.92 Å². The zero-order chi connectivity index (χ0) is 18.2. The van der Waals surface area contributed by atoms with E-state index < -0.39 is 12.2 Å². The molecule has 2 heterocycles. The van der Waals surface area contributed by atoms with Crippen LogP contribution in [-0.4, -0.2) is 45.5 Å². The van der Waals surface area contributed by atoms with Gasteiger partial charge in [-0.1, -0.05) is 6.07 Å². The number of nitrogens with zero attached hydrogens (tertiary/aromatic N) is 4. The molecule has 3 N–H and O–H groups in total. The molecule has 0 amide bonds. The molecule has 1 atom stereocenters. The van der Waals surface area contributed by atoms with Crippen LogP contribution in [0.4, 0.5) is 19.1 Å². The summed E-state index contributed by atoms with van der Waals surface area (Å²) in [5.41, 5.74) is 6.96. The fourth-order valence-electron chi connectivity index (χ4n) is 2.46. The minimum absolute atomic E-state index is 0.0894. The number of aromatic nitrogens is 4. The summed E-state index contributed by atoms with van der Waals surface area (Å²) in [7, 11) is 1.53. The number of methoxy groups -OCH3 is 1. The van der Waals surface area contributed by atoms with Gasteiger partial charge in [-0.05, 0) is 19.1 Å². The Balaban J connectivity index is 1.89. The van der Waals surface area contributed by atoms with Gasteiger partial charge in [-0.2, -0.15) is 17.7 Å². The van der Waals surface area contributed by atoms with Crippen molar-refractivity contribution in [2.75, 3.05) is 19.4 Å². The number of alkyl halides is 3. The Labute approximate surface area is 141 Å². The number of nitrogen functional groups attached to an aromatic ring is 1. The number of rotatable bonds is 5. The first kappa shape index (κ1) is 17.2. The van der Waals surface area contributed by atoms with Gasteiger partial charge >= 0.3 is 6.18 Å². The van der Waals surface area contributed by atoms with E-state index in [9.17, 15) is 13.2 Å². The summed E-state index contributed by atoms with van der Waals surface area (Å²) in [6, 6.07) is 3.76. The maximum absolute atomic E-state index is 12.5. The molecule has 0 saturated heterocycles. The Hall–Kier alpha value is -2.62. The van der Waals surface area contributed by atoms with E-state index in [0.29, 0.717) is 28.1 Å². The molecule has 0 aliphatic heterocycles. The third-order valence-electron chi connectivity index (χ3n) is 3.84. The Bertz CT molecular complexity index is 908.